The number of hydrogen-bond donors (Lipinski definition) is 2. The van der Waals surface area contributed by atoms with Gasteiger partial charge in [-0.3, -0.25) is 4.79 Å². The Morgan fingerprint density at radius 2 is 2.05 bits per heavy atom. The van der Waals surface area contributed by atoms with E-state index in [-0.39, 0.29) is 11.9 Å². The maximum absolute atomic E-state index is 11.1. The molecule has 0 saturated heterocycles. The number of ether oxygens (including phenoxy) is 2. The number of amides is 1. The third-order valence-corrected chi connectivity index (χ3v) is 2.29. The molecule has 19 heavy (non-hydrogen) atoms. The Morgan fingerprint density at radius 1 is 1.32 bits per heavy atom. The van der Waals surface area contributed by atoms with E-state index in [9.17, 15) is 4.79 Å². The van der Waals surface area contributed by atoms with Gasteiger partial charge in [-0.25, -0.2) is 0 Å². The Bertz CT molecular complexity index is 419. The van der Waals surface area contributed by atoms with E-state index in [2.05, 4.69) is 10.6 Å². The smallest absolute Gasteiger partial charge is 0.221 e. The van der Waals surface area contributed by atoms with Crippen LogP contribution in [0, 0.1) is 0 Å². The lowest BCUT2D eigenvalue weighted by Gasteiger charge is -2.17. The number of carbonyl (C=O) groups is 1. The van der Waals surface area contributed by atoms with Crippen LogP contribution < -0.4 is 15.4 Å². The van der Waals surface area contributed by atoms with Crippen LogP contribution in [-0.4, -0.2) is 32.3 Å². The van der Waals surface area contributed by atoms with Crippen LogP contribution in [0.3, 0.4) is 0 Å². The molecule has 1 amide bonds. The van der Waals surface area contributed by atoms with Crippen molar-refractivity contribution in [1.82, 2.24) is 0 Å². The molecular formula is C14H22N2O3. The fraction of sp³-hybridized carbons (Fsp3) is 0.500. The Kier molecular flexibility index (Phi) is 6.15. The molecule has 0 spiro atoms. The van der Waals surface area contributed by atoms with E-state index < -0.39 is 0 Å². The van der Waals surface area contributed by atoms with Crippen LogP contribution in [0.1, 0.15) is 20.8 Å². The summed E-state index contributed by atoms with van der Waals surface area (Å²) >= 11 is 0. The number of hydrogen-bond acceptors (Lipinski definition) is 4. The van der Waals surface area contributed by atoms with Crippen LogP contribution in [0.4, 0.5) is 11.4 Å². The second-order valence-corrected chi connectivity index (χ2v) is 4.53. The van der Waals surface area contributed by atoms with E-state index in [0.29, 0.717) is 13.2 Å². The van der Waals surface area contributed by atoms with Gasteiger partial charge in [-0.2, -0.15) is 0 Å². The summed E-state index contributed by atoms with van der Waals surface area (Å²) in [6.45, 7) is 6.60. The van der Waals surface area contributed by atoms with Gasteiger partial charge in [-0.05, 0) is 32.0 Å². The van der Waals surface area contributed by atoms with E-state index in [1.165, 1.54) is 6.92 Å². The molecule has 1 aromatic rings. The Balaban J connectivity index is 2.85. The monoisotopic (exact) mass is 266 g/mol. The van der Waals surface area contributed by atoms with Crippen molar-refractivity contribution in [3.8, 4) is 5.75 Å². The molecule has 0 aliphatic rings. The van der Waals surface area contributed by atoms with Gasteiger partial charge in [-0.1, -0.05) is 0 Å². The summed E-state index contributed by atoms with van der Waals surface area (Å²) in [5, 5.41) is 6.05. The van der Waals surface area contributed by atoms with Crippen LogP contribution in [0.15, 0.2) is 18.2 Å². The molecule has 1 rings (SSSR count). The topological polar surface area (TPSA) is 59.6 Å². The third-order valence-electron chi connectivity index (χ3n) is 2.29. The van der Waals surface area contributed by atoms with Gasteiger partial charge in [0.1, 0.15) is 12.4 Å². The molecule has 106 valence electrons. The minimum absolute atomic E-state index is 0.0939. The number of carbonyl (C=O) groups excluding carboxylic acids is 1. The summed E-state index contributed by atoms with van der Waals surface area (Å²) < 4.78 is 10.6. The van der Waals surface area contributed by atoms with Crippen LogP contribution in [0.5, 0.6) is 5.75 Å². The van der Waals surface area contributed by atoms with Gasteiger partial charge in [0.25, 0.3) is 0 Å². The molecule has 0 aromatic heterocycles. The lowest BCUT2D eigenvalue weighted by Crippen LogP contribution is -2.13. The van der Waals surface area contributed by atoms with Crippen molar-refractivity contribution in [2.24, 2.45) is 0 Å². The van der Waals surface area contributed by atoms with Gasteiger partial charge in [0.15, 0.2) is 0 Å². The average Bonchev–Trinajstić information content (AvgIpc) is 2.30. The molecule has 2 N–H and O–H groups in total. The largest absolute Gasteiger partial charge is 0.489 e. The molecule has 5 heteroatoms. The Morgan fingerprint density at radius 3 is 2.63 bits per heavy atom. The first kappa shape index (κ1) is 15.3. The maximum atomic E-state index is 11.1. The fourth-order valence-electron chi connectivity index (χ4n) is 1.60. The van der Waals surface area contributed by atoms with Crippen LogP contribution in [-0.2, 0) is 9.53 Å². The Labute approximate surface area is 114 Å². The van der Waals surface area contributed by atoms with Crippen molar-refractivity contribution in [2.45, 2.75) is 26.8 Å². The van der Waals surface area contributed by atoms with E-state index in [1.807, 2.05) is 32.0 Å². The summed E-state index contributed by atoms with van der Waals surface area (Å²) in [6.07, 6.45) is 0. The number of rotatable bonds is 7. The number of benzene rings is 1. The van der Waals surface area contributed by atoms with Crippen LogP contribution in [0.2, 0.25) is 0 Å². The van der Waals surface area contributed by atoms with E-state index in [1.54, 1.807) is 7.11 Å². The minimum Gasteiger partial charge on any atom is -0.489 e. The highest BCUT2D eigenvalue weighted by molar-refractivity contribution is 5.89. The second-order valence-electron chi connectivity index (χ2n) is 4.53. The molecule has 0 aliphatic heterocycles. The highest BCUT2D eigenvalue weighted by atomic mass is 16.5. The molecule has 0 heterocycles. The summed E-state index contributed by atoms with van der Waals surface area (Å²) in [5.41, 5.74) is 1.60. The summed E-state index contributed by atoms with van der Waals surface area (Å²) in [5.74, 6) is 0.656. The molecule has 0 radical (unpaired) electrons. The first-order valence-corrected chi connectivity index (χ1v) is 6.33. The highest BCUT2D eigenvalue weighted by Gasteiger charge is 2.07. The molecule has 5 nitrogen and oxygen atoms in total. The predicted octanol–water partition coefficient (Wildman–Crippen LogP) is 2.49. The van der Waals surface area contributed by atoms with Gasteiger partial charge in [0.2, 0.25) is 5.91 Å². The van der Waals surface area contributed by atoms with Crippen molar-refractivity contribution in [3.05, 3.63) is 18.2 Å². The number of nitrogens with one attached hydrogen (secondary N) is 2. The zero-order valence-corrected chi connectivity index (χ0v) is 11.9. The van der Waals surface area contributed by atoms with Gasteiger partial charge in [0, 0.05) is 25.8 Å². The zero-order valence-electron chi connectivity index (χ0n) is 11.9. The van der Waals surface area contributed by atoms with E-state index in [4.69, 9.17) is 9.47 Å². The van der Waals surface area contributed by atoms with E-state index in [0.717, 1.165) is 17.1 Å². The quantitative estimate of drug-likeness (QED) is 0.744. The van der Waals surface area contributed by atoms with Gasteiger partial charge in [0.05, 0.1) is 12.3 Å². The summed E-state index contributed by atoms with van der Waals surface area (Å²) in [6, 6.07) is 5.79. The molecule has 0 bridgehead atoms. The zero-order chi connectivity index (χ0) is 14.3. The fourth-order valence-corrected chi connectivity index (χ4v) is 1.60. The molecular weight excluding hydrogens is 244 g/mol. The summed E-state index contributed by atoms with van der Waals surface area (Å²) in [7, 11) is 1.64. The van der Waals surface area contributed by atoms with Crippen molar-refractivity contribution >= 4 is 17.3 Å². The maximum Gasteiger partial charge on any atom is 0.221 e. The first-order chi connectivity index (χ1) is 9.02. The van der Waals surface area contributed by atoms with Gasteiger partial charge in [-0.15, -0.1) is 0 Å². The lowest BCUT2D eigenvalue weighted by atomic mass is 10.2. The first-order valence-electron chi connectivity index (χ1n) is 6.33. The van der Waals surface area contributed by atoms with Crippen LogP contribution >= 0.6 is 0 Å². The normalized spacial score (nSPS) is 10.4. The molecule has 0 fully saturated rings. The Hall–Kier alpha value is -1.75. The van der Waals surface area contributed by atoms with Crippen molar-refractivity contribution in [3.63, 3.8) is 0 Å². The van der Waals surface area contributed by atoms with E-state index >= 15 is 0 Å². The summed E-state index contributed by atoms with van der Waals surface area (Å²) in [4.78, 5) is 11.1. The predicted molar refractivity (Wildman–Crippen MR) is 76.9 cm³/mol. The molecule has 0 aliphatic carbocycles. The minimum atomic E-state index is -0.0939. The molecule has 0 saturated carbocycles. The van der Waals surface area contributed by atoms with Crippen LogP contribution in [0.25, 0.3) is 0 Å². The highest BCUT2D eigenvalue weighted by Crippen LogP contribution is 2.28. The molecule has 0 unspecified atom stereocenters. The van der Waals surface area contributed by atoms with Gasteiger partial charge >= 0.3 is 0 Å². The lowest BCUT2D eigenvalue weighted by molar-refractivity contribution is -0.114. The molecule has 1 aromatic carbocycles. The number of anilines is 2. The second kappa shape index (κ2) is 7.63. The average molecular weight is 266 g/mol. The van der Waals surface area contributed by atoms with Gasteiger partial charge < -0.3 is 20.1 Å². The van der Waals surface area contributed by atoms with Crippen molar-refractivity contribution in [2.75, 3.05) is 31.0 Å². The standard InChI is InChI=1S/C14H22N2O3/c1-10(2)15-13-9-12(16-11(3)17)5-6-14(13)19-8-7-18-4/h5-6,9-10,15H,7-8H2,1-4H3,(H,16,17). The van der Waals surface area contributed by atoms with Crippen molar-refractivity contribution < 1.29 is 14.3 Å². The SMILES string of the molecule is COCCOc1ccc(NC(C)=O)cc1NC(C)C. The molecule has 0 atom stereocenters. The van der Waals surface area contributed by atoms with Crippen molar-refractivity contribution in [1.29, 1.82) is 0 Å². The number of methoxy groups -OCH3 is 1. The third kappa shape index (κ3) is 5.61.